The molecule has 1 N–H and O–H groups in total. The topological polar surface area (TPSA) is 32.3 Å². The Morgan fingerprint density at radius 2 is 1.79 bits per heavy atom. The fourth-order valence-electron chi connectivity index (χ4n) is 4.42. The van der Waals surface area contributed by atoms with Gasteiger partial charge in [0.25, 0.3) is 0 Å². The first-order chi connectivity index (χ1) is 9.21. The molecule has 0 radical (unpaired) electrons. The number of carbonyl (C=O) groups is 1. The molecule has 3 fully saturated rings. The normalized spacial score (nSPS) is 34.7. The molecule has 0 bridgehead atoms. The number of fused-ring (bicyclic) bond motifs is 1. The van der Waals surface area contributed by atoms with Gasteiger partial charge in [-0.15, -0.1) is 0 Å². The lowest BCUT2D eigenvalue weighted by molar-refractivity contribution is -0.149. The van der Waals surface area contributed by atoms with Crippen LogP contribution in [0, 0.1) is 11.3 Å². The second kappa shape index (κ2) is 5.43. The van der Waals surface area contributed by atoms with E-state index in [0.29, 0.717) is 11.9 Å². The molecule has 0 spiro atoms. The predicted octanol–water partition coefficient (Wildman–Crippen LogP) is 2.56. The first-order valence-corrected chi connectivity index (χ1v) is 8.22. The van der Waals surface area contributed by atoms with Gasteiger partial charge in [0.2, 0.25) is 5.91 Å². The summed E-state index contributed by atoms with van der Waals surface area (Å²) in [5, 5.41) is 3.38. The Kier molecular flexibility index (Phi) is 3.84. The van der Waals surface area contributed by atoms with E-state index in [9.17, 15) is 4.79 Å². The summed E-state index contributed by atoms with van der Waals surface area (Å²) in [6.45, 7) is 5.22. The number of amides is 1. The Labute approximate surface area is 117 Å². The molecular weight excluding hydrogens is 236 g/mol. The summed E-state index contributed by atoms with van der Waals surface area (Å²) in [5.74, 6) is 1.27. The molecule has 2 unspecified atom stereocenters. The van der Waals surface area contributed by atoms with Crippen LogP contribution in [0.25, 0.3) is 0 Å². The van der Waals surface area contributed by atoms with Gasteiger partial charge in [0, 0.05) is 18.0 Å². The van der Waals surface area contributed by atoms with Crippen LogP contribution in [0.3, 0.4) is 0 Å². The Bertz CT molecular complexity index is 334. The Morgan fingerprint density at radius 3 is 2.58 bits per heavy atom. The summed E-state index contributed by atoms with van der Waals surface area (Å²) in [5.41, 5.74) is -0.0927. The Balaban J connectivity index is 1.74. The van der Waals surface area contributed by atoms with Gasteiger partial charge in [-0.05, 0) is 57.5 Å². The first-order valence-electron chi connectivity index (χ1n) is 8.22. The number of likely N-dealkylation sites (tertiary alicyclic amines) is 1. The van der Waals surface area contributed by atoms with Crippen LogP contribution < -0.4 is 5.32 Å². The molecule has 2 heterocycles. The van der Waals surface area contributed by atoms with E-state index < -0.39 is 0 Å². The van der Waals surface area contributed by atoms with Gasteiger partial charge < -0.3 is 10.2 Å². The van der Waals surface area contributed by atoms with Crippen molar-refractivity contribution >= 4 is 5.91 Å². The smallest absolute Gasteiger partial charge is 0.228 e. The van der Waals surface area contributed by atoms with Gasteiger partial charge in [0.15, 0.2) is 0 Å². The number of hydrogen-bond donors (Lipinski definition) is 1. The lowest BCUT2D eigenvalue weighted by Crippen LogP contribution is -2.55. The van der Waals surface area contributed by atoms with Gasteiger partial charge in [0.05, 0.1) is 0 Å². The lowest BCUT2D eigenvalue weighted by Gasteiger charge is -2.48. The molecular formula is C16H28N2O. The largest absolute Gasteiger partial charge is 0.339 e. The minimum absolute atomic E-state index is 0.0927. The van der Waals surface area contributed by atoms with E-state index in [1.165, 1.54) is 38.5 Å². The van der Waals surface area contributed by atoms with E-state index in [0.717, 1.165) is 38.4 Å². The molecule has 3 aliphatic rings. The summed E-state index contributed by atoms with van der Waals surface area (Å²) < 4.78 is 0. The molecule has 1 amide bonds. The standard InChI is InChI=1S/C16H28N2O/c1-16(8-10-17-11-9-16)15(19)18-12-4-6-13-5-2-3-7-14(13)18/h13-14,17H,2-12H2,1H3. The van der Waals surface area contributed by atoms with Crippen LogP contribution in [0.4, 0.5) is 0 Å². The average Bonchev–Trinajstić information content (AvgIpc) is 2.47. The number of nitrogens with zero attached hydrogens (tertiary/aromatic N) is 1. The highest BCUT2D eigenvalue weighted by atomic mass is 16.2. The van der Waals surface area contributed by atoms with Crippen molar-refractivity contribution < 1.29 is 4.79 Å². The number of rotatable bonds is 1. The van der Waals surface area contributed by atoms with E-state index >= 15 is 0 Å². The van der Waals surface area contributed by atoms with Crippen molar-refractivity contribution in [1.82, 2.24) is 10.2 Å². The summed E-state index contributed by atoms with van der Waals surface area (Å²) in [6.07, 6.45) is 9.92. The van der Waals surface area contributed by atoms with E-state index in [4.69, 9.17) is 0 Å². The highest BCUT2D eigenvalue weighted by molar-refractivity contribution is 5.83. The van der Waals surface area contributed by atoms with Gasteiger partial charge in [-0.25, -0.2) is 0 Å². The maximum absolute atomic E-state index is 13.0. The zero-order valence-electron chi connectivity index (χ0n) is 12.3. The van der Waals surface area contributed by atoms with Crippen molar-refractivity contribution in [3.63, 3.8) is 0 Å². The summed E-state index contributed by atoms with van der Waals surface area (Å²) >= 11 is 0. The molecule has 0 aromatic rings. The van der Waals surface area contributed by atoms with Crippen LogP contribution in [-0.2, 0) is 4.79 Å². The van der Waals surface area contributed by atoms with E-state index in [1.807, 2.05) is 0 Å². The van der Waals surface area contributed by atoms with E-state index in [2.05, 4.69) is 17.1 Å². The second-order valence-electron chi connectivity index (χ2n) is 7.06. The van der Waals surface area contributed by atoms with Crippen LogP contribution in [0.2, 0.25) is 0 Å². The fourth-order valence-corrected chi connectivity index (χ4v) is 4.42. The molecule has 3 rings (SSSR count). The van der Waals surface area contributed by atoms with Crippen LogP contribution in [0.15, 0.2) is 0 Å². The molecule has 19 heavy (non-hydrogen) atoms. The molecule has 1 aliphatic carbocycles. The molecule has 0 aromatic carbocycles. The van der Waals surface area contributed by atoms with Crippen molar-refractivity contribution in [3.8, 4) is 0 Å². The van der Waals surface area contributed by atoms with Crippen molar-refractivity contribution in [1.29, 1.82) is 0 Å². The van der Waals surface area contributed by atoms with Crippen molar-refractivity contribution in [3.05, 3.63) is 0 Å². The molecule has 1 saturated carbocycles. The Hall–Kier alpha value is -0.570. The zero-order chi connectivity index (χ0) is 13.3. The molecule has 2 aliphatic heterocycles. The lowest BCUT2D eigenvalue weighted by atomic mass is 9.75. The monoisotopic (exact) mass is 264 g/mol. The van der Waals surface area contributed by atoms with Crippen LogP contribution in [0.5, 0.6) is 0 Å². The zero-order valence-corrected chi connectivity index (χ0v) is 12.3. The highest BCUT2D eigenvalue weighted by Crippen LogP contribution is 2.39. The number of nitrogens with one attached hydrogen (secondary N) is 1. The SMILES string of the molecule is CC1(C(=O)N2CCCC3CCCCC32)CCNCC1. The minimum atomic E-state index is -0.0927. The van der Waals surface area contributed by atoms with Gasteiger partial charge in [-0.3, -0.25) is 4.79 Å². The van der Waals surface area contributed by atoms with Gasteiger partial charge in [-0.2, -0.15) is 0 Å². The van der Waals surface area contributed by atoms with E-state index in [-0.39, 0.29) is 5.41 Å². The summed E-state index contributed by atoms with van der Waals surface area (Å²) in [4.78, 5) is 15.3. The maximum Gasteiger partial charge on any atom is 0.228 e. The molecule has 2 atom stereocenters. The van der Waals surface area contributed by atoms with Crippen LogP contribution >= 0.6 is 0 Å². The third-order valence-electron chi connectivity index (χ3n) is 5.73. The van der Waals surface area contributed by atoms with Crippen molar-refractivity contribution in [2.45, 2.75) is 64.3 Å². The van der Waals surface area contributed by atoms with Crippen LogP contribution in [0.1, 0.15) is 58.3 Å². The van der Waals surface area contributed by atoms with Gasteiger partial charge >= 0.3 is 0 Å². The molecule has 3 nitrogen and oxygen atoms in total. The highest BCUT2D eigenvalue weighted by Gasteiger charge is 2.43. The van der Waals surface area contributed by atoms with Crippen molar-refractivity contribution in [2.24, 2.45) is 11.3 Å². The molecule has 3 heteroatoms. The first kappa shape index (κ1) is 13.4. The Morgan fingerprint density at radius 1 is 1.11 bits per heavy atom. The van der Waals surface area contributed by atoms with Gasteiger partial charge in [0.1, 0.15) is 0 Å². The molecule has 2 saturated heterocycles. The summed E-state index contributed by atoms with van der Waals surface area (Å²) in [6, 6.07) is 0.571. The van der Waals surface area contributed by atoms with E-state index in [1.54, 1.807) is 0 Å². The van der Waals surface area contributed by atoms with Crippen molar-refractivity contribution in [2.75, 3.05) is 19.6 Å². The number of carbonyl (C=O) groups excluding carboxylic acids is 1. The number of hydrogen-bond acceptors (Lipinski definition) is 2. The molecule has 0 aromatic heterocycles. The molecule has 108 valence electrons. The number of piperidine rings is 2. The average molecular weight is 264 g/mol. The fraction of sp³-hybridized carbons (Fsp3) is 0.938. The second-order valence-corrected chi connectivity index (χ2v) is 7.06. The summed E-state index contributed by atoms with van der Waals surface area (Å²) in [7, 11) is 0. The van der Waals surface area contributed by atoms with Crippen LogP contribution in [-0.4, -0.2) is 36.5 Å². The maximum atomic E-state index is 13.0. The third kappa shape index (κ3) is 2.54. The quantitative estimate of drug-likeness (QED) is 0.789. The minimum Gasteiger partial charge on any atom is -0.339 e. The third-order valence-corrected chi connectivity index (χ3v) is 5.73. The predicted molar refractivity (Wildman–Crippen MR) is 76.9 cm³/mol. The van der Waals surface area contributed by atoms with Gasteiger partial charge in [-0.1, -0.05) is 19.8 Å².